The quantitative estimate of drug-likeness (QED) is 0.819. The topological polar surface area (TPSA) is 12.0 Å². The lowest BCUT2D eigenvalue weighted by Gasteiger charge is -2.26. The maximum absolute atomic E-state index is 13.5. The second-order valence-corrected chi connectivity index (χ2v) is 5.62. The molecular weight excluding hydrogens is 260 g/mol. The summed E-state index contributed by atoms with van der Waals surface area (Å²) in [4.78, 5) is 0. The van der Waals surface area contributed by atoms with Crippen LogP contribution in [0.3, 0.4) is 0 Å². The molecule has 1 aliphatic carbocycles. The van der Waals surface area contributed by atoms with Crippen LogP contribution in [0.5, 0.6) is 0 Å². The third-order valence-corrected chi connectivity index (χ3v) is 3.92. The van der Waals surface area contributed by atoms with Gasteiger partial charge in [-0.25, -0.2) is 4.39 Å². The van der Waals surface area contributed by atoms with Crippen molar-refractivity contribution >= 4 is 23.2 Å². The van der Waals surface area contributed by atoms with Gasteiger partial charge in [0.05, 0.1) is 0 Å². The predicted molar refractivity (Wildman–Crippen MR) is 70.1 cm³/mol. The van der Waals surface area contributed by atoms with Gasteiger partial charge >= 0.3 is 0 Å². The SMILES string of the molecule is Fc1cc(Cl)ccc1CNC1CCC(Cl)CC1. The zero-order valence-corrected chi connectivity index (χ0v) is 11.1. The van der Waals surface area contributed by atoms with E-state index < -0.39 is 0 Å². The molecule has 0 radical (unpaired) electrons. The van der Waals surface area contributed by atoms with Crippen molar-refractivity contribution in [3.63, 3.8) is 0 Å². The number of benzene rings is 1. The van der Waals surface area contributed by atoms with Crippen LogP contribution in [0, 0.1) is 5.82 Å². The number of hydrogen-bond donors (Lipinski definition) is 1. The summed E-state index contributed by atoms with van der Waals surface area (Å²) in [5.41, 5.74) is 0.669. The van der Waals surface area contributed by atoms with Gasteiger partial charge in [0.15, 0.2) is 0 Å². The summed E-state index contributed by atoms with van der Waals surface area (Å²) >= 11 is 11.7. The first-order valence-corrected chi connectivity index (χ1v) is 6.78. The van der Waals surface area contributed by atoms with Crippen molar-refractivity contribution < 1.29 is 4.39 Å². The molecule has 0 heterocycles. The fourth-order valence-electron chi connectivity index (χ4n) is 2.18. The number of nitrogens with one attached hydrogen (secondary N) is 1. The molecule has 0 bridgehead atoms. The maximum Gasteiger partial charge on any atom is 0.129 e. The molecule has 0 aliphatic heterocycles. The molecule has 1 aliphatic rings. The highest BCUT2D eigenvalue weighted by Crippen LogP contribution is 2.23. The highest BCUT2D eigenvalue weighted by molar-refractivity contribution is 6.30. The minimum Gasteiger partial charge on any atom is -0.310 e. The molecule has 1 aromatic rings. The summed E-state index contributed by atoms with van der Waals surface area (Å²) < 4.78 is 13.5. The fourth-order valence-corrected chi connectivity index (χ4v) is 2.59. The van der Waals surface area contributed by atoms with E-state index in [1.165, 1.54) is 6.07 Å². The molecule has 94 valence electrons. The van der Waals surface area contributed by atoms with Gasteiger partial charge in [-0.3, -0.25) is 0 Å². The zero-order chi connectivity index (χ0) is 12.3. The first-order valence-electron chi connectivity index (χ1n) is 5.96. The molecule has 0 atom stereocenters. The minimum atomic E-state index is -0.240. The zero-order valence-electron chi connectivity index (χ0n) is 9.56. The van der Waals surface area contributed by atoms with Crippen molar-refractivity contribution in [3.05, 3.63) is 34.6 Å². The Morgan fingerprint density at radius 2 is 1.94 bits per heavy atom. The monoisotopic (exact) mass is 275 g/mol. The molecule has 2 rings (SSSR count). The normalized spacial score (nSPS) is 24.9. The van der Waals surface area contributed by atoms with Crippen molar-refractivity contribution in [2.75, 3.05) is 0 Å². The first kappa shape index (κ1) is 13.1. The Balaban J connectivity index is 1.85. The van der Waals surface area contributed by atoms with E-state index in [1.807, 2.05) is 0 Å². The van der Waals surface area contributed by atoms with E-state index in [0.717, 1.165) is 25.7 Å². The van der Waals surface area contributed by atoms with Crippen LogP contribution < -0.4 is 5.32 Å². The summed E-state index contributed by atoms with van der Waals surface area (Å²) in [6, 6.07) is 5.27. The second kappa shape index (κ2) is 6.03. The van der Waals surface area contributed by atoms with Crippen molar-refractivity contribution in [1.29, 1.82) is 0 Å². The lowest BCUT2D eigenvalue weighted by Crippen LogP contribution is -2.33. The Bertz CT molecular complexity index is 376. The van der Waals surface area contributed by atoms with Crippen molar-refractivity contribution in [1.82, 2.24) is 5.32 Å². The molecule has 0 amide bonds. The van der Waals surface area contributed by atoms with Crippen LogP contribution in [0.4, 0.5) is 4.39 Å². The van der Waals surface area contributed by atoms with Gasteiger partial charge < -0.3 is 5.32 Å². The molecule has 0 unspecified atom stereocenters. The lowest BCUT2D eigenvalue weighted by molar-refractivity contribution is 0.374. The van der Waals surface area contributed by atoms with Gasteiger partial charge in [-0.1, -0.05) is 17.7 Å². The number of halogens is 3. The van der Waals surface area contributed by atoms with Gasteiger partial charge in [0.2, 0.25) is 0 Å². The summed E-state index contributed by atoms with van der Waals surface area (Å²) in [6.07, 6.45) is 4.23. The smallest absolute Gasteiger partial charge is 0.129 e. The van der Waals surface area contributed by atoms with Crippen LogP contribution in [-0.4, -0.2) is 11.4 Å². The Kier molecular flexibility index (Phi) is 4.66. The molecule has 1 N–H and O–H groups in total. The van der Waals surface area contributed by atoms with Gasteiger partial charge in [-0.15, -0.1) is 11.6 Å². The highest BCUT2D eigenvalue weighted by atomic mass is 35.5. The minimum absolute atomic E-state index is 0.240. The second-order valence-electron chi connectivity index (χ2n) is 4.57. The van der Waals surface area contributed by atoms with Crippen LogP contribution >= 0.6 is 23.2 Å². The van der Waals surface area contributed by atoms with Crippen LogP contribution in [-0.2, 0) is 6.54 Å². The molecular formula is C13H16Cl2FN. The fraction of sp³-hybridized carbons (Fsp3) is 0.538. The Hall–Kier alpha value is -0.310. The Labute approximate surface area is 111 Å². The molecule has 1 saturated carbocycles. The summed E-state index contributed by atoms with van der Waals surface area (Å²) in [5.74, 6) is -0.240. The molecule has 0 saturated heterocycles. The first-order chi connectivity index (χ1) is 8.15. The van der Waals surface area contributed by atoms with Crippen molar-refractivity contribution in [3.8, 4) is 0 Å². The molecule has 0 aromatic heterocycles. The number of alkyl halides is 1. The van der Waals surface area contributed by atoms with E-state index >= 15 is 0 Å². The van der Waals surface area contributed by atoms with E-state index in [2.05, 4.69) is 5.32 Å². The van der Waals surface area contributed by atoms with Crippen LogP contribution in [0.1, 0.15) is 31.2 Å². The summed E-state index contributed by atoms with van der Waals surface area (Å²) in [5, 5.41) is 4.14. The molecule has 17 heavy (non-hydrogen) atoms. The predicted octanol–water partition coefficient (Wildman–Crippen LogP) is 4.12. The van der Waals surface area contributed by atoms with Gasteiger partial charge in [-0.2, -0.15) is 0 Å². The average molecular weight is 276 g/mol. The molecule has 1 fully saturated rings. The van der Waals surface area contributed by atoms with Crippen LogP contribution in [0.15, 0.2) is 18.2 Å². The van der Waals surface area contributed by atoms with Crippen molar-refractivity contribution in [2.45, 2.75) is 43.6 Å². The summed E-state index contributed by atoms with van der Waals surface area (Å²) in [7, 11) is 0. The number of rotatable bonds is 3. The van der Waals surface area contributed by atoms with E-state index in [1.54, 1.807) is 12.1 Å². The van der Waals surface area contributed by atoms with E-state index in [9.17, 15) is 4.39 Å². The Morgan fingerprint density at radius 1 is 1.24 bits per heavy atom. The van der Waals surface area contributed by atoms with Gasteiger partial charge in [0.1, 0.15) is 5.82 Å². The Morgan fingerprint density at radius 3 is 2.59 bits per heavy atom. The lowest BCUT2D eigenvalue weighted by atomic mass is 9.95. The van der Waals surface area contributed by atoms with Gasteiger partial charge in [0.25, 0.3) is 0 Å². The van der Waals surface area contributed by atoms with E-state index in [0.29, 0.717) is 28.5 Å². The van der Waals surface area contributed by atoms with E-state index in [4.69, 9.17) is 23.2 Å². The molecule has 1 nitrogen and oxygen atoms in total. The van der Waals surface area contributed by atoms with Crippen LogP contribution in [0.25, 0.3) is 0 Å². The number of hydrogen-bond acceptors (Lipinski definition) is 1. The largest absolute Gasteiger partial charge is 0.310 e. The van der Waals surface area contributed by atoms with Crippen molar-refractivity contribution in [2.24, 2.45) is 0 Å². The standard InChI is InChI=1S/C13H16Cl2FN/c14-10-3-5-12(6-4-10)17-8-9-1-2-11(15)7-13(9)16/h1-2,7,10,12,17H,3-6,8H2. The average Bonchev–Trinajstić information content (AvgIpc) is 2.30. The molecule has 4 heteroatoms. The highest BCUT2D eigenvalue weighted by Gasteiger charge is 2.19. The van der Waals surface area contributed by atoms with Gasteiger partial charge in [0, 0.05) is 28.5 Å². The third kappa shape index (κ3) is 3.84. The third-order valence-electron chi connectivity index (χ3n) is 3.25. The molecule has 0 spiro atoms. The van der Waals surface area contributed by atoms with Crippen LogP contribution in [0.2, 0.25) is 5.02 Å². The summed E-state index contributed by atoms with van der Waals surface area (Å²) in [6.45, 7) is 0.556. The molecule has 1 aromatic carbocycles. The maximum atomic E-state index is 13.5. The van der Waals surface area contributed by atoms with Gasteiger partial charge in [-0.05, 0) is 37.8 Å². The van der Waals surface area contributed by atoms with E-state index in [-0.39, 0.29) is 5.82 Å².